The third-order valence-corrected chi connectivity index (χ3v) is 2.07. The third-order valence-electron chi connectivity index (χ3n) is 0.644. The fourth-order valence-corrected chi connectivity index (χ4v) is 1.47. The van der Waals surface area contributed by atoms with Crippen LogP contribution >= 0.6 is 27.3 Å². The van der Waals surface area contributed by atoms with Crippen LogP contribution in [0.3, 0.4) is 0 Å². The van der Waals surface area contributed by atoms with E-state index in [1.165, 1.54) is 5.38 Å². The molecule has 0 fully saturated rings. The van der Waals surface area contributed by atoms with E-state index in [2.05, 4.69) is 20.9 Å². The zero-order valence-electron chi connectivity index (χ0n) is 11.7. The Morgan fingerprint density at radius 2 is 2.80 bits per heavy atom. The molecule has 0 saturated heterocycles. The first-order chi connectivity index (χ1) is 7.47. The molecule has 0 spiro atoms. The fourth-order valence-electron chi connectivity index (χ4n) is 0.373. The van der Waals surface area contributed by atoms with Gasteiger partial charge in [0.1, 0.15) is 4.60 Å². The number of nitrogens with zero attached hydrogens (tertiary/aromatic N) is 1. The van der Waals surface area contributed by atoms with E-state index in [0.29, 0.717) is 4.60 Å². The summed E-state index contributed by atoms with van der Waals surface area (Å²) in [6.45, 7) is -6.23. The summed E-state index contributed by atoms with van der Waals surface area (Å²) in [5.41, 5.74) is 0. The van der Waals surface area contributed by atoms with Gasteiger partial charge < -0.3 is 4.74 Å². The molecule has 0 aliphatic rings. The van der Waals surface area contributed by atoms with Gasteiger partial charge >= 0.3 is 0 Å². The Morgan fingerprint density at radius 3 is 3.30 bits per heavy atom. The lowest BCUT2D eigenvalue weighted by molar-refractivity contribution is 0.241. The van der Waals surface area contributed by atoms with Crippen LogP contribution in [0.25, 0.3) is 0 Å². The first-order valence-corrected chi connectivity index (χ1v) is 3.95. The van der Waals surface area contributed by atoms with Gasteiger partial charge in [0.15, 0.2) is 0 Å². The quantitative estimate of drug-likeness (QED) is 0.777. The van der Waals surface area contributed by atoms with Crippen molar-refractivity contribution in [3.8, 4) is 5.19 Å². The minimum atomic E-state index is -3.11. The predicted octanol–water partition coefficient (Wildman–Crippen LogP) is 2.69. The normalized spacial score (nSPS) is 24.3. The lowest BCUT2D eigenvalue weighted by Gasteiger charge is -2.03. The first-order valence-electron chi connectivity index (χ1n) is 5.77. The second-order valence-electron chi connectivity index (χ2n) is 1.37. The smallest absolute Gasteiger partial charge is 0.274 e. The standard InChI is InChI=1S/C6H8BrNOS/c1-4(2)9-6-8-5(7)3-10-6/h3-4H,1-2H3/i1D3,2D3,4D. The highest BCUT2D eigenvalue weighted by Crippen LogP contribution is 2.22. The average molecular weight is 229 g/mol. The van der Waals surface area contributed by atoms with Gasteiger partial charge in [-0.15, -0.1) is 0 Å². The molecule has 4 heteroatoms. The summed E-state index contributed by atoms with van der Waals surface area (Å²) in [6, 6.07) is 0. The molecular weight excluding hydrogens is 214 g/mol. The second kappa shape index (κ2) is 3.34. The summed E-state index contributed by atoms with van der Waals surface area (Å²) >= 11 is 3.93. The molecular formula is C6H8BrNOS. The number of thiazole rings is 1. The molecule has 2 nitrogen and oxygen atoms in total. The molecule has 0 amide bonds. The van der Waals surface area contributed by atoms with E-state index in [-0.39, 0.29) is 5.19 Å². The highest BCUT2D eigenvalue weighted by Gasteiger charge is 2.01. The van der Waals surface area contributed by atoms with E-state index in [0.717, 1.165) is 11.3 Å². The van der Waals surface area contributed by atoms with Crippen molar-refractivity contribution in [3.63, 3.8) is 0 Å². The highest BCUT2D eigenvalue weighted by molar-refractivity contribution is 9.10. The van der Waals surface area contributed by atoms with Crippen LogP contribution < -0.4 is 4.74 Å². The van der Waals surface area contributed by atoms with Gasteiger partial charge in [-0.2, -0.15) is 4.98 Å². The van der Waals surface area contributed by atoms with E-state index in [1.807, 2.05) is 0 Å². The number of hydrogen-bond acceptors (Lipinski definition) is 3. The average Bonchev–Trinajstić information content (AvgIpc) is 2.47. The van der Waals surface area contributed by atoms with Crippen LogP contribution in [0.15, 0.2) is 9.98 Å². The monoisotopic (exact) mass is 228 g/mol. The number of halogens is 1. The molecule has 0 N–H and O–H groups in total. The van der Waals surface area contributed by atoms with E-state index < -0.39 is 19.8 Å². The largest absolute Gasteiger partial charge is 0.467 e. The maximum absolute atomic E-state index is 7.57. The molecule has 0 saturated carbocycles. The van der Waals surface area contributed by atoms with Crippen molar-refractivity contribution < 1.29 is 14.3 Å². The summed E-state index contributed by atoms with van der Waals surface area (Å²) in [5, 5.41) is 1.31. The van der Waals surface area contributed by atoms with Gasteiger partial charge in [0.2, 0.25) is 0 Å². The third kappa shape index (κ3) is 2.27. The first kappa shape index (κ1) is 2.75. The summed E-state index contributed by atoms with van der Waals surface area (Å²) in [6.07, 6.45) is -3.03. The Labute approximate surface area is 82.2 Å². The molecule has 1 rings (SSSR count). The van der Waals surface area contributed by atoms with Gasteiger partial charge in [0, 0.05) is 13.6 Å². The lowest BCUT2D eigenvalue weighted by atomic mass is 10.5. The van der Waals surface area contributed by atoms with Gasteiger partial charge in [-0.3, -0.25) is 0 Å². The van der Waals surface area contributed by atoms with Gasteiger partial charge in [0.25, 0.3) is 5.19 Å². The van der Waals surface area contributed by atoms with E-state index in [4.69, 9.17) is 14.3 Å². The molecule has 56 valence electrons. The van der Waals surface area contributed by atoms with Crippen LogP contribution in [0.5, 0.6) is 5.19 Å². The summed E-state index contributed by atoms with van der Waals surface area (Å²) in [5.74, 6) is 0. The van der Waals surface area contributed by atoms with Gasteiger partial charge in [-0.1, -0.05) is 11.3 Å². The summed E-state index contributed by atoms with van der Waals surface area (Å²) in [7, 11) is 0. The SMILES string of the molecule is [2H]C([2H])([2H])C([2H])(Oc1nc(Br)cs1)C([2H])([2H])[2H]. The molecule has 0 aromatic carbocycles. The van der Waals surface area contributed by atoms with Crippen molar-refractivity contribution in [2.75, 3.05) is 0 Å². The molecule has 1 aromatic rings. The molecule has 0 aliphatic heterocycles. The zero-order valence-corrected chi connectivity index (χ0v) is 7.12. The lowest BCUT2D eigenvalue weighted by Crippen LogP contribution is -2.04. The summed E-state index contributed by atoms with van der Waals surface area (Å²) < 4.78 is 55.5. The Bertz CT molecular complexity index is 386. The Kier molecular flexibility index (Phi) is 0.920. The van der Waals surface area contributed by atoms with Crippen molar-refractivity contribution >= 4 is 27.3 Å². The van der Waals surface area contributed by atoms with Crippen molar-refractivity contribution in [1.29, 1.82) is 0 Å². The molecule has 0 bridgehead atoms. The van der Waals surface area contributed by atoms with Gasteiger partial charge in [-0.05, 0) is 29.6 Å². The van der Waals surface area contributed by atoms with Crippen LogP contribution in [0.2, 0.25) is 0 Å². The van der Waals surface area contributed by atoms with E-state index in [9.17, 15) is 0 Å². The predicted molar refractivity (Wildman–Crippen MR) is 45.6 cm³/mol. The number of ether oxygens (including phenoxy) is 1. The van der Waals surface area contributed by atoms with E-state index in [1.54, 1.807) is 0 Å². The minimum absolute atomic E-state index is 0.181. The molecule has 1 heterocycles. The topological polar surface area (TPSA) is 22.1 Å². The maximum Gasteiger partial charge on any atom is 0.274 e. The molecule has 0 aliphatic carbocycles. The fraction of sp³-hybridized carbons (Fsp3) is 0.500. The Hall–Kier alpha value is -0.0900. The Morgan fingerprint density at radius 1 is 2.00 bits per heavy atom. The van der Waals surface area contributed by atoms with Crippen molar-refractivity contribution in [1.82, 2.24) is 4.98 Å². The van der Waals surface area contributed by atoms with Crippen LogP contribution in [-0.2, 0) is 0 Å². The van der Waals surface area contributed by atoms with Crippen LogP contribution in [0, 0.1) is 0 Å². The molecule has 0 atom stereocenters. The summed E-state index contributed by atoms with van der Waals surface area (Å²) in [4.78, 5) is 3.72. The van der Waals surface area contributed by atoms with Crippen LogP contribution in [0.4, 0.5) is 0 Å². The second-order valence-corrected chi connectivity index (χ2v) is 3.00. The number of rotatable bonds is 2. The maximum atomic E-state index is 7.57. The van der Waals surface area contributed by atoms with Gasteiger partial charge in [-0.25, -0.2) is 0 Å². The zero-order chi connectivity index (χ0) is 13.5. The van der Waals surface area contributed by atoms with E-state index >= 15 is 0 Å². The molecule has 0 radical (unpaired) electrons. The van der Waals surface area contributed by atoms with Crippen molar-refractivity contribution in [2.45, 2.75) is 19.8 Å². The highest BCUT2D eigenvalue weighted by atomic mass is 79.9. The molecule has 1 aromatic heterocycles. The minimum Gasteiger partial charge on any atom is -0.467 e. The van der Waals surface area contributed by atoms with Gasteiger partial charge in [0.05, 0.1) is 7.45 Å². The molecule has 10 heavy (non-hydrogen) atoms. The van der Waals surface area contributed by atoms with Crippen LogP contribution in [0.1, 0.15) is 23.3 Å². The van der Waals surface area contributed by atoms with Crippen LogP contribution in [-0.4, -0.2) is 11.1 Å². The number of hydrogen-bond donors (Lipinski definition) is 0. The number of aromatic nitrogens is 1. The Balaban J connectivity index is 3.10. The molecule has 0 unspecified atom stereocenters. The van der Waals surface area contributed by atoms with Crippen molar-refractivity contribution in [3.05, 3.63) is 9.98 Å². The van der Waals surface area contributed by atoms with Crippen molar-refractivity contribution in [2.24, 2.45) is 0 Å².